The molecule has 4 nitrogen and oxygen atoms in total. The summed E-state index contributed by atoms with van der Waals surface area (Å²) in [6.07, 6.45) is 0. The Balaban J connectivity index is 0. The van der Waals surface area contributed by atoms with Gasteiger partial charge in [0.2, 0.25) is 0 Å². The zero-order valence-electron chi connectivity index (χ0n) is 4.34. The van der Waals surface area contributed by atoms with Gasteiger partial charge in [0.05, 0.1) is 0 Å². The van der Waals surface area contributed by atoms with Gasteiger partial charge in [-0.3, -0.25) is 0 Å². The SMILES string of the molecule is O=C([O-])C#CC(=O)[O-].[Mg+2]. The van der Waals surface area contributed by atoms with E-state index in [4.69, 9.17) is 0 Å². The second-order valence-corrected chi connectivity index (χ2v) is 0.825. The van der Waals surface area contributed by atoms with Crippen LogP contribution in [-0.2, 0) is 9.59 Å². The van der Waals surface area contributed by atoms with E-state index in [0.717, 1.165) is 0 Å². The van der Waals surface area contributed by atoms with Crippen LogP contribution in [0, 0.1) is 11.8 Å². The van der Waals surface area contributed by atoms with Gasteiger partial charge in [-0.15, -0.1) is 0 Å². The van der Waals surface area contributed by atoms with Crippen LogP contribution in [0.3, 0.4) is 0 Å². The van der Waals surface area contributed by atoms with Gasteiger partial charge in [0, 0.05) is 0 Å². The van der Waals surface area contributed by atoms with Crippen LogP contribution in [-0.4, -0.2) is 35.0 Å². The molecule has 0 radical (unpaired) electrons. The summed E-state index contributed by atoms with van der Waals surface area (Å²) in [5.41, 5.74) is 0. The van der Waals surface area contributed by atoms with Crippen molar-refractivity contribution in [2.75, 3.05) is 0 Å². The van der Waals surface area contributed by atoms with Crippen molar-refractivity contribution in [2.24, 2.45) is 0 Å². The molecule has 0 spiro atoms. The molecule has 0 fully saturated rings. The number of carbonyl (C=O) groups is 2. The number of carboxylic acids is 2. The molecule has 0 rings (SSSR count). The normalized spacial score (nSPS) is 5.78. The van der Waals surface area contributed by atoms with Crippen LogP contribution in [0.1, 0.15) is 0 Å². The van der Waals surface area contributed by atoms with Crippen molar-refractivity contribution in [3.63, 3.8) is 0 Å². The van der Waals surface area contributed by atoms with E-state index in [1.165, 1.54) is 11.8 Å². The molecule has 0 unspecified atom stereocenters. The quantitative estimate of drug-likeness (QED) is 0.252. The molecular formula is C4MgO4. The summed E-state index contributed by atoms with van der Waals surface area (Å²) in [7, 11) is 0. The Kier molecular flexibility index (Phi) is 6.67. The summed E-state index contributed by atoms with van der Waals surface area (Å²) in [6.45, 7) is 0. The Hall–Kier alpha value is -0.734. The van der Waals surface area contributed by atoms with Crippen molar-refractivity contribution in [3.8, 4) is 11.8 Å². The Morgan fingerprint density at radius 3 is 1.33 bits per heavy atom. The first-order chi connectivity index (χ1) is 3.63. The molecule has 42 valence electrons. The van der Waals surface area contributed by atoms with Crippen molar-refractivity contribution >= 4 is 35.0 Å². The molecule has 0 saturated carbocycles. The summed E-state index contributed by atoms with van der Waals surface area (Å²) < 4.78 is 0. The first-order valence-electron chi connectivity index (χ1n) is 1.57. The number of carbonyl (C=O) groups excluding carboxylic acids is 2. The third-order valence-electron chi connectivity index (χ3n) is 0.267. The fourth-order valence-corrected chi connectivity index (χ4v) is 0.102. The van der Waals surface area contributed by atoms with E-state index in [9.17, 15) is 19.8 Å². The van der Waals surface area contributed by atoms with Crippen LogP contribution in [0.25, 0.3) is 0 Å². The maximum Gasteiger partial charge on any atom is 2.00 e. The standard InChI is InChI=1S/C4H2O4.Mg/c5-3(6)1-2-4(7)8;/h(H,5,6)(H,7,8);/q;+2/p-2. The zero-order chi connectivity index (χ0) is 6.57. The minimum atomic E-state index is -1.73. The van der Waals surface area contributed by atoms with E-state index in [1.807, 2.05) is 0 Å². The Morgan fingerprint density at radius 2 is 1.22 bits per heavy atom. The molecule has 0 N–H and O–H groups in total. The van der Waals surface area contributed by atoms with Gasteiger partial charge in [0.1, 0.15) is 11.9 Å². The van der Waals surface area contributed by atoms with Gasteiger partial charge in [-0.2, -0.15) is 0 Å². The molecule has 0 aromatic rings. The smallest absolute Gasteiger partial charge is 0.537 e. The topological polar surface area (TPSA) is 80.3 Å². The molecule has 5 heteroatoms. The van der Waals surface area contributed by atoms with Crippen LogP contribution in [0.4, 0.5) is 0 Å². The molecular weight excluding hydrogens is 136 g/mol. The number of carboxylic acid groups (broad SMARTS) is 2. The Bertz CT molecular complexity index is 157. The summed E-state index contributed by atoms with van der Waals surface area (Å²) in [6, 6.07) is 0. The first kappa shape index (κ1) is 11.1. The van der Waals surface area contributed by atoms with Crippen molar-refractivity contribution in [1.82, 2.24) is 0 Å². The average Bonchev–Trinajstić information content (AvgIpc) is 1.61. The molecule has 0 heterocycles. The molecule has 9 heavy (non-hydrogen) atoms. The fourth-order valence-electron chi connectivity index (χ4n) is 0.102. The van der Waals surface area contributed by atoms with Gasteiger partial charge >= 0.3 is 23.1 Å². The van der Waals surface area contributed by atoms with Crippen LogP contribution >= 0.6 is 0 Å². The van der Waals surface area contributed by atoms with Crippen molar-refractivity contribution in [1.29, 1.82) is 0 Å². The van der Waals surface area contributed by atoms with Gasteiger partial charge in [-0.05, 0) is 11.8 Å². The fraction of sp³-hybridized carbons (Fsp3) is 0. The minimum Gasteiger partial charge on any atom is -0.537 e. The average molecular weight is 136 g/mol. The first-order valence-corrected chi connectivity index (χ1v) is 1.57. The largest absolute Gasteiger partial charge is 2.00 e. The molecule has 0 aliphatic carbocycles. The predicted octanol–water partition coefficient (Wildman–Crippen LogP) is -3.89. The monoisotopic (exact) mass is 136 g/mol. The van der Waals surface area contributed by atoms with Gasteiger partial charge in [0.25, 0.3) is 0 Å². The van der Waals surface area contributed by atoms with E-state index in [0.29, 0.717) is 0 Å². The van der Waals surface area contributed by atoms with Gasteiger partial charge in [-0.25, -0.2) is 0 Å². The molecule has 0 amide bonds. The Labute approximate surface area is 67.0 Å². The summed E-state index contributed by atoms with van der Waals surface area (Å²) in [4.78, 5) is 18.7. The molecule has 0 aromatic carbocycles. The molecule has 0 aromatic heterocycles. The molecule has 0 aliphatic heterocycles. The van der Waals surface area contributed by atoms with Crippen LogP contribution < -0.4 is 10.2 Å². The van der Waals surface area contributed by atoms with Gasteiger partial charge in [-0.1, -0.05) is 0 Å². The van der Waals surface area contributed by atoms with E-state index < -0.39 is 11.9 Å². The van der Waals surface area contributed by atoms with E-state index in [-0.39, 0.29) is 23.1 Å². The van der Waals surface area contributed by atoms with E-state index in [1.54, 1.807) is 0 Å². The predicted molar refractivity (Wildman–Crippen MR) is 23.5 cm³/mol. The number of rotatable bonds is 0. The van der Waals surface area contributed by atoms with E-state index >= 15 is 0 Å². The third kappa shape index (κ3) is 11.1. The number of hydrogen-bond donors (Lipinski definition) is 0. The molecule has 0 saturated heterocycles. The number of hydrogen-bond acceptors (Lipinski definition) is 4. The van der Waals surface area contributed by atoms with Crippen molar-refractivity contribution in [2.45, 2.75) is 0 Å². The molecule has 0 aliphatic rings. The third-order valence-corrected chi connectivity index (χ3v) is 0.267. The maximum absolute atomic E-state index is 9.33. The second-order valence-electron chi connectivity index (χ2n) is 0.825. The zero-order valence-corrected chi connectivity index (χ0v) is 5.75. The summed E-state index contributed by atoms with van der Waals surface area (Å²) in [5.74, 6) is -0.978. The van der Waals surface area contributed by atoms with Crippen molar-refractivity contribution < 1.29 is 19.8 Å². The van der Waals surface area contributed by atoms with Gasteiger partial charge in [0.15, 0.2) is 0 Å². The number of aliphatic carboxylic acids is 2. The summed E-state index contributed by atoms with van der Waals surface area (Å²) in [5, 5.41) is 18.7. The molecule has 0 atom stereocenters. The van der Waals surface area contributed by atoms with Gasteiger partial charge < -0.3 is 19.8 Å². The molecule has 0 bridgehead atoms. The van der Waals surface area contributed by atoms with Crippen LogP contribution in [0.15, 0.2) is 0 Å². The summed E-state index contributed by atoms with van der Waals surface area (Å²) >= 11 is 0. The maximum atomic E-state index is 9.33. The second kappa shape index (κ2) is 5.40. The minimum absolute atomic E-state index is 0. The van der Waals surface area contributed by atoms with Crippen LogP contribution in [0.5, 0.6) is 0 Å². The van der Waals surface area contributed by atoms with E-state index in [2.05, 4.69) is 0 Å². The van der Waals surface area contributed by atoms with Crippen LogP contribution in [0.2, 0.25) is 0 Å². The van der Waals surface area contributed by atoms with Crippen molar-refractivity contribution in [3.05, 3.63) is 0 Å². The Morgan fingerprint density at radius 1 is 1.00 bits per heavy atom.